The van der Waals surface area contributed by atoms with Crippen molar-refractivity contribution in [2.75, 3.05) is 0 Å². The van der Waals surface area contributed by atoms with Gasteiger partial charge in [-0.05, 0) is 31.4 Å². The Balaban J connectivity index is 0.00000196. The Kier molecular flexibility index (Phi) is 6.30. The molecule has 0 amide bonds. The average Bonchev–Trinajstić information content (AvgIpc) is 2.98. The molecule has 2 aliphatic rings. The first-order valence-corrected chi connectivity index (χ1v) is 9.70. The van der Waals surface area contributed by atoms with Crippen LogP contribution < -0.4 is 51.4 Å². The van der Waals surface area contributed by atoms with Crippen LogP contribution in [-0.4, -0.2) is 28.2 Å². The summed E-state index contributed by atoms with van der Waals surface area (Å²) in [6.07, 6.45) is 7.80. The van der Waals surface area contributed by atoms with Crippen LogP contribution in [0.2, 0.25) is 5.02 Å². The van der Waals surface area contributed by atoms with E-state index >= 15 is 0 Å². The van der Waals surface area contributed by atoms with Gasteiger partial charge in [0.1, 0.15) is 11.3 Å². The van der Waals surface area contributed by atoms with Crippen LogP contribution in [0.3, 0.4) is 0 Å². The number of nitrogens with zero attached hydrogens (tertiary/aromatic N) is 3. The number of oxime groups is 1. The molecular formula is C16H15ClKN3O4S. The Bertz CT molecular complexity index is 1020. The molecule has 0 bridgehead atoms. The van der Waals surface area contributed by atoms with Crippen LogP contribution in [0.1, 0.15) is 43.0 Å². The molecule has 0 saturated carbocycles. The van der Waals surface area contributed by atoms with E-state index < -0.39 is 10.4 Å². The van der Waals surface area contributed by atoms with Gasteiger partial charge in [-0.15, -0.1) is 0 Å². The minimum atomic E-state index is -4.88. The van der Waals surface area contributed by atoms with Crippen molar-refractivity contribution in [3.05, 3.63) is 40.7 Å². The molecule has 1 aliphatic heterocycles. The Morgan fingerprint density at radius 2 is 2.15 bits per heavy atom. The smallest absolute Gasteiger partial charge is 0.714 e. The molecular weight excluding hydrogens is 405 g/mol. The Morgan fingerprint density at radius 3 is 2.85 bits per heavy atom. The van der Waals surface area contributed by atoms with E-state index in [1.165, 1.54) is 0 Å². The second kappa shape index (κ2) is 8.00. The number of rotatable bonds is 3. The summed E-state index contributed by atoms with van der Waals surface area (Å²) >= 11 is 6.32. The van der Waals surface area contributed by atoms with Crippen molar-refractivity contribution < 1.29 is 68.6 Å². The van der Waals surface area contributed by atoms with Crippen molar-refractivity contribution in [2.45, 2.75) is 38.1 Å². The minimum absolute atomic E-state index is 0. The van der Waals surface area contributed by atoms with Crippen LogP contribution in [-0.2, 0) is 21.2 Å². The molecule has 2 aromatic rings. The largest absolute Gasteiger partial charge is 1.00 e. The molecule has 1 aromatic carbocycles. The summed E-state index contributed by atoms with van der Waals surface area (Å²) in [5, 5.41) is 4.08. The zero-order valence-electron chi connectivity index (χ0n) is 14.2. The molecule has 2 heterocycles. The fourth-order valence-electron chi connectivity index (χ4n) is 3.56. The predicted molar refractivity (Wildman–Crippen MR) is 92.4 cm³/mol. The van der Waals surface area contributed by atoms with E-state index in [0.29, 0.717) is 40.7 Å². The van der Waals surface area contributed by atoms with Crippen molar-refractivity contribution in [1.82, 2.24) is 9.55 Å². The molecule has 1 aromatic heterocycles. The second-order valence-corrected chi connectivity index (χ2v) is 7.54. The van der Waals surface area contributed by atoms with Crippen molar-refractivity contribution in [3.63, 3.8) is 0 Å². The van der Waals surface area contributed by atoms with Crippen molar-refractivity contribution in [2.24, 2.45) is 5.16 Å². The van der Waals surface area contributed by atoms with Gasteiger partial charge >= 0.3 is 51.4 Å². The number of imidazole rings is 1. The summed E-state index contributed by atoms with van der Waals surface area (Å²) in [6.45, 7) is 0.584. The molecule has 7 nitrogen and oxygen atoms in total. The van der Waals surface area contributed by atoms with Gasteiger partial charge in [-0.3, -0.25) is 4.28 Å². The Hall–Kier alpha value is -0.264. The average molecular weight is 420 g/mol. The summed E-state index contributed by atoms with van der Waals surface area (Å²) in [5.41, 5.74) is 2.58. The predicted octanol–water partition coefficient (Wildman–Crippen LogP) is 0.102. The SMILES string of the molecule is O=S(=O)([O-])O/N=C1\CCn2c(C3CC=CCC3)nc3c(Cl)ccc1c32.[K+]. The van der Waals surface area contributed by atoms with Crippen LogP contribution in [0.5, 0.6) is 0 Å². The third-order valence-electron chi connectivity index (χ3n) is 4.63. The number of allylic oxidation sites excluding steroid dienone is 2. The molecule has 4 rings (SSSR count). The van der Waals surface area contributed by atoms with E-state index in [0.717, 1.165) is 30.6 Å². The number of benzene rings is 1. The standard InChI is InChI=1S/C16H16ClN3O4S.K/c17-12-7-6-11-13(19-24-25(21,22)23)8-9-20-15(11)14(12)18-16(20)10-4-2-1-3-5-10;/h1-2,6-7,10H,3-5,8-9H2,(H,21,22,23);/q;+1/p-1/b19-13+;. The summed E-state index contributed by atoms with van der Waals surface area (Å²) in [5.74, 6) is 1.32. The van der Waals surface area contributed by atoms with Gasteiger partial charge in [0.05, 0.1) is 16.3 Å². The van der Waals surface area contributed by atoms with Crippen LogP contribution in [0.25, 0.3) is 11.0 Å². The Morgan fingerprint density at radius 1 is 1.35 bits per heavy atom. The van der Waals surface area contributed by atoms with Gasteiger partial charge in [-0.1, -0.05) is 28.9 Å². The number of halogens is 1. The third-order valence-corrected chi connectivity index (χ3v) is 5.19. The number of hydrogen-bond donors (Lipinski definition) is 0. The van der Waals surface area contributed by atoms with Crippen LogP contribution in [0, 0.1) is 0 Å². The van der Waals surface area contributed by atoms with Crippen molar-refractivity contribution in [3.8, 4) is 0 Å². The van der Waals surface area contributed by atoms with E-state index in [9.17, 15) is 13.0 Å². The van der Waals surface area contributed by atoms with Gasteiger partial charge in [0.2, 0.25) is 0 Å². The summed E-state index contributed by atoms with van der Waals surface area (Å²) < 4.78 is 38.3. The third kappa shape index (κ3) is 3.95. The zero-order chi connectivity index (χ0) is 17.6. The van der Waals surface area contributed by atoms with Gasteiger partial charge in [-0.2, -0.15) is 8.42 Å². The van der Waals surface area contributed by atoms with Crippen LogP contribution in [0.15, 0.2) is 29.4 Å². The molecule has 1 unspecified atom stereocenters. The quantitative estimate of drug-likeness (QED) is 0.231. The molecule has 26 heavy (non-hydrogen) atoms. The molecule has 0 spiro atoms. The fraction of sp³-hybridized carbons (Fsp3) is 0.375. The first kappa shape index (κ1) is 20.5. The van der Waals surface area contributed by atoms with E-state index in [1.807, 2.05) is 0 Å². The maximum Gasteiger partial charge on any atom is 1.00 e. The zero-order valence-corrected chi connectivity index (χ0v) is 18.9. The molecule has 0 saturated heterocycles. The van der Waals surface area contributed by atoms with E-state index in [-0.39, 0.29) is 51.4 Å². The molecule has 1 aliphatic carbocycles. The first-order chi connectivity index (χ1) is 11.9. The van der Waals surface area contributed by atoms with Gasteiger partial charge in [0, 0.05) is 24.4 Å². The van der Waals surface area contributed by atoms with Crippen LogP contribution in [0.4, 0.5) is 0 Å². The maximum atomic E-state index is 10.7. The summed E-state index contributed by atoms with van der Waals surface area (Å²) in [4.78, 5) is 4.77. The maximum absolute atomic E-state index is 10.7. The molecule has 0 N–H and O–H groups in total. The first-order valence-electron chi connectivity index (χ1n) is 7.99. The minimum Gasteiger partial charge on any atom is -0.714 e. The molecule has 0 fully saturated rings. The van der Waals surface area contributed by atoms with Crippen molar-refractivity contribution >= 4 is 38.7 Å². The monoisotopic (exact) mass is 419 g/mol. The molecule has 132 valence electrons. The topological polar surface area (TPSA) is 96.6 Å². The molecule has 1 atom stereocenters. The van der Waals surface area contributed by atoms with Crippen LogP contribution >= 0.6 is 11.6 Å². The van der Waals surface area contributed by atoms with Gasteiger partial charge in [-0.25, -0.2) is 4.98 Å². The van der Waals surface area contributed by atoms with E-state index in [1.54, 1.807) is 12.1 Å². The van der Waals surface area contributed by atoms with E-state index in [4.69, 9.17) is 16.6 Å². The Labute approximate surface area is 198 Å². The van der Waals surface area contributed by atoms with Gasteiger partial charge in [0.15, 0.2) is 0 Å². The summed E-state index contributed by atoms with van der Waals surface area (Å²) in [7, 11) is -4.88. The molecule has 0 radical (unpaired) electrons. The van der Waals surface area contributed by atoms with Gasteiger partial charge in [0.25, 0.3) is 10.4 Å². The molecule has 10 heteroatoms. The van der Waals surface area contributed by atoms with Gasteiger partial charge < -0.3 is 9.12 Å². The number of hydrogen-bond acceptors (Lipinski definition) is 6. The summed E-state index contributed by atoms with van der Waals surface area (Å²) in [6, 6.07) is 3.46. The fourth-order valence-corrected chi connectivity index (χ4v) is 3.94. The van der Waals surface area contributed by atoms with E-state index in [2.05, 4.69) is 26.2 Å². The second-order valence-electron chi connectivity index (χ2n) is 6.17. The number of aryl methyl sites for hydroxylation is 1. The normalized spacial score (nSPS) is 21.0. The number of aromatic nitrogens is 2. The van der Waals surface area contributed by atoms with Crippen molar-refractivity contribution in [1.29, 1.82) is 0 Å².